The number of thioether (sulfide) groups is 1. The number of rotatable bonds is 6. The highest BCUT2D eigenvalue weighted by Crippen LogP contribution is 2.30. The standard InChI is InChI=1S/C26H19FN4OS/c27-22-15-7-6-14-21(22)25-29-30-26(31(25)19-11-2-1-3-12-19)33-17-24(32)28-23-16-8-10-18-9-4-5-13-20(18)23/h1-16H,17H2,(H,28,32). The van der Waals surface area contributed by atoms with Gasteiger partial charge in [-0.25, -0.2) is 4.39 Å². The van der Waals surface area contributed by atoms with E-state index < -0.39 is 0 Å². The van der Waals surface area contributed by atoms with Crippen molar-refractivity contribution < 1.29 is 9.18 Å². The summed E-state index contributed by atoms with van der Waals surface area (Å²) in [6.07, 6.45) is 0. The van der Waals surface area contributed by atoms with Crippen molar-refractivity contribution in [2.75, 3.05) is 11.1 Å². The topological polar surface area (TPSA) is 59.8 Å². The molecule has 0 atom stereocenters. The molecular weight excluding hydrogens is 435 g/mol. The number of aromatic nitrogens is 3. The van der Waals surface area contributed by atoms with E-state index in [9.17, 15) is 9.18 Å². The first-order valence-corrected chi connectivity index (χ1v) is 11.4. The SMILES string of the molecule is O=C(CSc1nnc(-c2ccccc2F)n1-c1ccccc1)Nc1cccc2ccccc12. The van der Waals surface area contributed by atoms with Crippen molar-refractivity contribution in [3.63, 3.8) is 0 Å². The Hall–Kier alpha value is -3.97. The van der Waals surface area contributed by atoms with E-state index in [0.717, 1.165) is 22.1 Å². The van der Waals surface area contributed by atoms with Gasteiger partial charge in [-0.15, -0.1) is 10.2 Å². The van der Waals surface area contributed by atoms with E-state index in [4.69, 9.17) is 0 Å². The number of anilines is 1. The maximum atomic E-state index is 14.5. The van der Waals surface area contributed by atoms with Crippen LogP contribution in [0.5, 0.6) is 0 Å². The second kappa shape index (κ2) is 9.26. The van der Waals surface area contributed by atoms with Crippen molar-refractivity contribution in [3.8, 4) is 17.1 Å². The molecule has 0 unspecified atom stereocenters. The van der Waals surface area contributed by atoms with Crippen molar-refractivity contribution in [1.82, 2.24) is 14.8 Å². The third-order valence-corrected chi connectivity index (χ3v) is 6.09. The number of nitrogens with one attached hydrogen (secondary N) is 1. The number of nitrogens with zero attached hydrogens (tertiary/aromatic N) is 3. The van der Waals surface area contributed by atoms with Crippen LogP contribution in [-0.2, 0) is 4.79 Å². The van der Waals surface area contributed by atoms with Gasteiger partial charge >= 0.3 is 0 Å². The number of carbonyl (C=O) groups is 1. The number of hydrogen-bond donors (Lipinski definition) is 1. The van der Waals surface area contributed by atoms with Crippen molar-refractivity contribution >= 4 is 34.1 Å². The highest BCUT2D eigenvalue weighted by atomic mass is 32.2. The van der Waals surface area contributed by atoms with Crippen LogP contribution < -0.4 is 5.32 Å². The number of fused-ring (bicyclic) bond motifs is 1. The average molecular weight is 455 g/mol. The second-order valence-electron chi connectivity index (χ2n) is 7.32. The Morgan fingerprint density at radius 3 is 2.42 bits per heavy atom. The lowest BCUT2D eigenvalue weighted by molar-refractivity contribution is -0.113. The maximum Gasteiger partial charge on any atom is 0.234 e. The molecule has 4 aromatic carbocycles. The summed E-state index contributed by atoms with van der Waals surface area (Å²) in [5.41, 5.74) is 1.90. The van der Waals surface area contributed by atoms with Crippen LogP contribution in [0.4, 0.5) is 10.1 Å². The number of halogens is 1. The van der Waals surface area contributed by atoms with Gasteiger partial charge in [-0.05, 0) is 35.7 Å². The smallest absolute Gasteiger partial charge is 0.234 e. The minimum absolute atomic E-state index is 0.130. The Morgan fingerprint density at radius 1 is 0.848 bits per heavy atom. The van der Waals surface area contributed by atoms with Crippen LogP contribution in [0.2, 0.25) is 0 Å². The van der Waals surface area contributed by atoms with Crippen LogP contribution in [0.1, 0.15) is 0 Å². The Bertz CT molecular complexity index is 1430. The Kier molecular flexibility index (Phi) is 5.87. The molecule has 1 aromatic heterocycles. The van der Waals surface area contributed by atoms with Gasteiger partial charge in [0.15, 0.2) is 11.0 Å². The molecule has 0 saturated heterocycles. The summed E-state index contributed by atoms with van der Waals surface area (Å²) >= 11 is 1.25. The quantitative estimate of drug-likeness (QED) is 0.322. The fraction of sp³-hybridized carbons (Fsp3) is 0.0385. The highest BCUT2D eigenvalue weighted by Gasteiger charge is 2.19. The van der Waals surface area contributed by atoms with Crippen LogP contribution in [0.25, 0.3) is 27.8 Å². The van der Waals surface area contributed by atoms with Crippen molar-refractivity contribution in [3.05, 3.63) is 103 Å². The maximum absolute atomic E-state index is 14.5. The first-order valence-electron chi connectivity index (χ1n) is 10.4. The van der Waals surface area contributed by atoms with Crippen LogP contribution in [0, 0.1) is 5.82 Å². The Balaban J connectivity index is 1.42. The highest BCUT2D eigenvalue weighted by molar-refractivity contribution is 7.99. The molecule has 0 aliphatic heterocycles. The lowest BCUT2D eigenvalue weighted by atomic mass is 10.1. The molecular formula is C26H19FN4OS. The zero-order chi connectivity index (χ0) is 22.6. The van der Waals surface area contributed by atoms with Gasteiger partial charge < -0.3 is 5.32 Å². The van der Waals surface area contributed by atoms with Gasteiger partial charge in [-0.3, -0.25) is 9.36 Å². The van der Waals surface area contributed by atoms with E-state index in [2.05, 4.69) is 15.5 Å². The number of amides is 1. The van der Waals surface area contributed by atoms with Gasteiger partial charge in [-0.2, -0.15) is 0 Å². The Labute approximate surface area is 194 Å². The summed E-state index contributed by atoms with van der Waals surface area (Å²) in [6.45, 7) is 0. The van der Waals surface area contributed by atoms with Gasteiger partial charge in [0.25, 0.3) is 0 Å². The summed E-state index contributed by atoms with van der Waals surface area (Å²) in [6, 6.07) is 29.6. The zero-order valence-corrected chi connectivity index (χ0v) is 18.3. The minimum Gasteiger partial charge on any atom is -0.325 e. The summed E-state index contributed by atoms with van der Waals surface area (Å²) < 4.78 is 16.3. The van der Waals surface area contributed by atoms with E-state index in [1.54, 1.807) is 22.8 Å². The molecule has 0 saturated carbocycles. The van der Waals surface area contributed by atoms with E-state index in [1.165, 1.54) is 17.8 Å². The largest absolute Gasteiger partial charge is 0.325 e. The minimum atomic E-state index is -0.382. The summed E-state index contributed by atoms with van der Waals surface area (Å²) in [4.78, 5) is 12.8. The number of para-hydroxylation sites is 1. The molecule has 0 bridgehead atoms. The fourth-order valence-electron chi connectivity index (χ4n) is 3.64. The van der Waals surface area contributed by atoms with E-state index in [-0.39, 0.29) is 17.5 Å². The third-order valence-electron chi connectivity index (χ3n) is 5.16. The molecule has 0 spiro atoms. The van der Waals surface area contributed by atoms with Crippen LogP contribution >= 0.6 is 11.8 Å². The normalized spacial score (nSPS) is 10.9. The molecule has 1 N–H and O–H groups in total. The molecule has 5 rings (SSSR count). The van der Waals surface area contributed by atoms with Gasteiger partial charge in [0.1, 0.15) is 5.82 Å². The molecule has 0 aliphatic carbocycles. The molecule has 1 heterocycles. The Morgan fingerprint density at radius 2 is 1.58 bits per heavy atom. The molecule has 5 aromatic rings. The van der Waals surface area contributed by atoms with Crippen LogP contribution in [-0.4, -0.2) is 26.4 Å². The van der Waals surface area contributed by atoms with E-state index in [1.807, 2.05) is 72.8 Å². The second-order valence-corrected chi connectivity index (χ2v) is 8.26. The number of hydrogen-bond acceptors (Lipinski definition) is 4. The van der Waals surface area contributed by atoms with Crippen molar-refractivity contribution in [2.45, 2.75) is 5.16 Å². The molecule has 162 valence electrons. The summed E-state index contributed by atoms with van der Waals surface area (Å²) in [5, 5.41) is 14.0. The fourth-order valence-corrected chi connectivity index (χ4v) is 4.39. The van der Waals surface area contributed by atoms with Gasteiger partial charge in [0.05, 0.1) is 11.3 Å². The third kappa shape index (κ3) is 4.36. The number of benzene rings is 4. The van der Waals surface area contributed by atoms with E-state index >= 15 is 0 Å². The number of carbonyl (C=O) groups excluding carboxylic acids is 1. The van der Waals surface area contributed by atoms with Gasteiger partial charge in [0.2, 0.25) is 5.91 Å². The lowest BCUT2D eigenvalue weighted by Gasteiger charge is -2.11. The molecule has 0 aliphatic rings. The van der Waals surface area contributed by atoms with Crippen LogP contribution in [0.15, 0.2) is 102 Å². The summed E-state index contributed by atoms with van der Waals surface area (Å²) in [7, 11) is 0. The zero-order valence-electron chi connectivity index (χ0n) is 17.5. The molecule has 7 heteroatoms. The molecule has 1 amide bonds. The molecule has 0 radical (unpaired) electrons. The molecule has 5 nitrogen and oxygen atoms in total. The van der Waals surface area contributed by atoms with Crippen molar-refractivity contribution in [1.29, 1.82) is 0 Å². The first-order chi connectivity index (χ1) is 16.2. The van der Waals surface area contributed by atoms with Crippen LogP contribution in [0.3, 0.4) is 0 Å². The van der Waals surface area contributed by atoms with Gasteiger partial charge in [0, 0.05) is 16.8 Å². The van der Waals surface area contributed by atoms with E-state index in [0.29, 0.717) is 16.5 Å². The van der Waals surface area contributed by atoms with Gasteiger partial charge in [-0.1, -0.05) is 78.5 Å². The lowest BCUT2D eigenvalue weighted by Crippen LogP contribution is -2.14. The first kappa shape index (κ1) is 20.9. The summed E-state index contributed by atoms with van der Waals surface area (Å²) in [5.74, 6) is -0.0270. The van der Waals surface area contributed by atoms with Crippen molar-refractivity contribution in [2.24, 2.45) is 0 Å². The predicted molar refractivity (Wildman–Crippen MR) is 130 cm³/mol. The predicted octanol–water partition coefficient (Wildman–Crippen LogP) is 5.96. The molecule has 0 fully saturated rings. The average Bonchev–Trinajstić information content (AvgIpc) is 3.27. The monoisotopic (exact) mass is 454 g/mol. The molecule has 33 heavy (non-hydrogen) atoms.